The molecule has 96 valence electrons. The van der Waals surface area contributed by atoms with Crippen molar-refractivity contribution in [3.8, 4) is 6.07 Å². The van der Waals surface area contributed by atoms with Crippen LogP contribution in [0.15, 0.2) is 12.3 Å². The third kappa shape index (κ3) is 1.97. The molecule has 0 bridgehead atoms. The van der Waals surface area contributed by atoms with Crippen LogP contribution in [0.5, 0.6) is 0 Å². The summed E-state index contributed by atoms with van der Waals surface area (Å²) in [6, 6.07) is 3.20. The van der Waals surface area contributed by atoms with Crippen LogP contribution >= 0.6 is 0 Å². The smallest absolute Gasteiger partial charge is 0.379 e. The molecule has 0 amide bonds. The van der Waals surface area contributed by atoms with Crippen LogP contribution in [0.4, 0.5) is 19.0 Å². The van der Waals surface area contributed by atoms with Crippen molar-refractivity contribution in [2.24, 2.45) is 0 Å². The molecule has 0 aliphatic carbocycles. The quantitative estimate of drug-likeness (QED) is 0.808. The van der Waals surface area contributed by atoms with Gasteiger partial charge in [0.25, 0.3) is 0 Å². The maximum atomic E-state index is 12.6. The van der Waals surface area contributed by atoms with Gasteiger partial charge in [0.1, 0.15) is 6.07 Å². The molecule has 5 nitrogen and oxygen atoms in total. The fraction of sp³-hybridized carbons (Fsp3) is 0.500. The average molecular weight is 258 g/mol. The summed E-state index contributed by atoms with van der Waals surface area (Å²) in [6.45, 7) is -0.659. The lowest BCUT2D eigenvalue weighted by Crippen LogP contribution is -2.47. The summed E-state index contributed by atoms with van der Waals surface area (Å²) in [5.74, 6) is 0.0696. The Hall–Kier alpha value is -1.88. The van der Waals surface area contributed by atoms with E-state index in [4.69, 9.17) is 5.26 Å². The fourth-order valence-electron chi connectivity index (χ4n) is 1.85. The van der Waals surface area contributed by atoms with Crippen molar-refractivity contribution < 1.29 is 18.3 Å². The lowest BCUT2D eigenvalue weighted by Gasteiger charge is -2.26. The van der Waals surface area contributed by atoms with Gasteiger partial charge in [-0.25, -0.2) is 0 Å². The van der Waals surface area contributed by atoms with Crippen molar-refractivity contribution in [3.05, 3.63) is 17.8 Å². The van der Waals surface area contributed by atoms with Crippen LogP contribution in [0, 0.1) is 11.3 Å². The number of nitrogens with zero attached hydrogens (tertiary/aromatic N) is 4. The van der Waals surface area contributed by atoms with Gasteiger partial charge in [-0.05, 0) is 6.07 Å². The number of aromatic nitrogens is 2. The maximum absolute atomic E-state index is 12.6. The van der Waals surface area contributed by atoms with Gasteiger partial charge in [0, 0.05) is 13.0 Å². The van der Waals surface area contributed by atoms with Crippen LogP contribution in [0.3, 0.4) is 0 Å². The monoisotopic (exact) mass is 258 g/mol. The molecule has 1 aliphatic rings. The van der Waals surface area contributed by atoms with Gasteiger partial charge in [0.2, 0.25) is 0 Å². The van der Waals surface area contributed by atoms with Crippen molar-refractivity contribution >= 4 is 5.82 Å². The van der Waals surface area contributed by atoms with E-state index in [1.54, 1.807) is 0 Å². The molecule has 8 heteroatoms. The molecule has 18 heavy (non-hydrogen) atoms. The van der Waals surface area contributed by atoms with Crippen LogP contribution in [-0.2, 0) is 0 Å². The number of aliphatic hydroxyl groups is 1. The number of alkyl halides is 3. The summed E-state index contributed by atoms with van der Waals surface area (Å²) < 4.78 is 37.9. The highest BCUT2D eigenvalue weighted by molar-refractivity contribution is 5.53. The topological polar surface area (TPSA) is 73.0 Å². The van der Waals surface area contributed by atoms with E-state index >= 15 is 0 Å². The molecular weight excluding hydrogens is 249 g/mol. The minimum absolute atomic E-state index is 0.0244. The SMILES string of the molecule is N#Cc1ccnnc1N1CCC(O)(C(F)(F)F)C1. The molecule has 1 atom stereocenters. The summed E-state index contributed by atoms with van der Waals surface area (Å²) in [6.07, 6.45) is -3.86. The minimum atomic E-state index is -4.70. The molecule has 2 heterocycles. The second-order valence-electron chi connectivity index (χ2n) is 4.08. The largest absolute Gasteiger partial charge is 0.418 e. The number of β-amino-alcohol motifs (C(OH)–C–C–N with tert-alkyl or cyclic N) is 1. The summed E-state index contributed by atoms with van der Waals surface area (Å²) in [5, 5.41) is 25.6. The number of halogens is 3. The van der Waals surface area contributed by atoms with Crippen molar-refractivity contribution in [2.75, 3.05) is 18.0 Å². The zero-order valence-corrected chi connectivity index (χ0v) is 9.15. The van der Waals surface area contributed by atoms with E-state index in [-0.39, 0.29) is 17.9 Å². The van der Waals surface area contributed by atoms with E-state index in [0.29, 0.717) is 0 Å². The molecule has 1 N–H and O–H groups in total. The number of rotatable bonds is 1. The van der Waals surface area contributed by atoms with Gasteiger partial charge in [-0.15, -0.1) is 5.10 Å². The van der Waals surface area contributed by atoms with E-state index in [2.05, 4.69) is 10.2 Å². The lowest BCUT2D eigenvalue weighted by atomic mass is 10.0. The third-order valence-electron chi connectivity index (χ3n) is 2.90. The first-order valence-electron chi connectivity index (χ1n) is 5.13. The first-order valence-corrected chi connectivity index (χ1v) is 5.13. The van der Waals surface area contributed by atoms with Crippen LogP contribution in [0.25, 0.3) is 0 Å². The highest BCUT2D eigenvalue weighted by atomic mass is 19.4. The third-order valence-corrected chi connectivity index (χ3v) is 2.90. The molecule has 2 rings (SSSR count). The molecule has 1 aromatic rings. The predicted octanol–water partition coefficient (Wildman–Crippen LogP) is 0.852. The van der Waals surface area contributed by atoms with Gasteiger partial charge >= 0.3 is 6.18 Å². The molecule has 0 spiro atoms. The van der Waals surface area contributed by atoms with E-state index in [1.165, 1.54) is 17.2 Å². The van der Waals surface area contributed by atoms with Crippen LogP contribution in [0.1, 0.15) is 12.0 Å². The number of hydrogen-bond donors (Lipinski definition) is 1. The molecule has 0 aromatic carbocycles. The molecule has 1 aliphatic heterocycles. The molecule has 1 saturated heterocycles. The summed E-state index contributed by atoms with van der Waals surface area (Å²) >= 11 is 0. The van der Waals surface area contributed by atoms with Crippen LogP contribution in [0.2, 0.25) is 0 Å². The Bertz CT molecular complexity index is 499. The molecular formula is C10H9F3N4O. The molecule has 0 radical (unpaired) electrons. The zero-order chi connectivity index (χ0) is 13.4. The number of nitriles is 1. The van der Waals surface area contributed by atoms with Crippen LogP contribution < -0.4 is 4.90 Å². The Morgan fingerprint density at radius 1 is 1.50 bits per heavy atom. The van der Waals surface area contributed by atoms with E-state index in [0.717, 1.165) is 0 Å². The second-order valence-corrected chi connectivity index (χ2v) is 4.08. The zero-order valence-electron chi connectivity index (χ0n) is 9.15. The van der Waals surface area contributed by atoms with Gasteiger partial charge in [0.05, 0.1) is 18.3 Å². The standard InChI is InChI=1S/C10H9F3N4O/c11-10(12,13)9(18)2-4-17(6-9)8-7(5-14)1-3-15-16-8/h1,3,18H,2,4,6H2. The summed E-state index contributed by atoms with van der Waals surface area (Å²) in [4.78, 5) is 1.22. The Morgan fingerprint density at radius 2 is 2.22 bits per heavy atom. The maximum Gasteiger partial charge on any atom is 0.418 e. The Morgan fingerprint density at radius 3 is 2.78 bits per heavy atom. The van der Waals surface area contributed by atoms with E-state index < -0.39 is 24.7 Å². The van der Waals surface area contributed by atoms with E-state index in [9.17, 15) is 18.3 Å². The molecule has 1 unspecified atom stereocenters. The minimum Gasteiger partial charge on any atom is -0.379 e. The molecule has 1 aromatic heterocycles. The van der Waals surface area contributed by atoms with Crippen molar-refractivity contribution in [3.63, 3.8) is 0 Å². The highest BCUT2D eigenvalue weighted by Crippen LogP contribution is 2.39. The average Bonchev–Trinajstić information content (AvgIpc) is 2.72. The second kappa shape index (κ2) is 4.10. The first kappa shape index (κ1) is 12.6. The molecule has 0 saturated carbocycles. The first-order chi connectivity index (χ1) is 8.37. The normalized spacial score (nSPS) is 24.1. The number of anilines is 1. The van der Waals surface area contributed by atoms with Crippen molar-refractivity contribution in [2.45, 2.75) is 18.2 Å². The van der Waals surface area contributed by atoms with Crippen LogP contribution in [-0.4, -0.2) is 40.2 Å². The van der Waals surface area contributed by atoms with Gasteiger partial charge < -0.3 is 10.0 Å². The van der Waals surface area contributed by atoms with Crippen molar-refractivity contribution in [1.82, 2.24) is 10.2 Å². The Balaban J connectivity index is 2.27. The van der Waals surface area contributed by atoms with Gasteiger partial charge in [-0.2, -0.15) is 23.5 Å². The summed E-state index contributed by atoms with van der Waals surface area (Å²) in [7, 11) is 0. The predicted molar refractivity (Wildman–Crippen MR) is 54.6 cm³/mol. The van der Waals surface area contributed by atoms with E-state index in [1.807, 2.05) is 6.07 Å². The highest BCUT2D eigenvalue weighted by Gasteiger charge is 2.57. The number of hydrogen-bond acceptors (Lipinski definition) is 5. The van der Waals surface area contributed by atoms with Crippen molar-refractivity contribution in [1.29, 1.82) is 5.26 Å². The van der Waals surface area contributed by atoms with Gasteiger partial charge in [-0.1, -0.05) is 0 Å². The molecule has 1 fully saturated rings. The Kier molecular flexibility index (Phi) is 2.86. The Labute approximate surface area is 100 Å². The summed E-state index contributed by atoms with van der Waals surface area (Å²) in [5.41, 5.74) is -2.62. The lowest BCUT2D eigenvalue weighted by molar-refractivity contribution is -0.250. The van der Waals surface area contributed by atoms with Gasteiger partial charge in [0.15, 0.2) is 11.4 Å². The van der Waals surface area contributed by atoms with Gasteiger partial charge in [-0.3, -0.25) is 0 Å². The fourth-order valence-corrected chi connectivity index (χ4v) is 1.85.